The van der Waals surface area contributed by atoms with Crippen molar-refractivity contribution in [2.45, 2.75) is 50.4 Å². The molecule has 1 aromatic carbocycles. The topological polar surface area (TPSA) is 69.0 Å². The van der Waals surface area contributed by atoms with Crippen molar-refractivity contribution in [2.75, 3.05) is 19.5 Å². The molecule has 1 saturated carbocycles. The lowest BCUT2D eigenvalue weighted by Crippen LogP contribution is -2.41. The van der Waals surface area contributed by atoms with Gasteiger partial charge >= 0.3 is 0 Å². The van der Waals surface area contributed by atoms with Gasteiger partial charge in [-0.2, -0.15) is 0 Å². The summed E-state index contributed by atoms with van der Waals surface area (Å²) >= 11 is 7.40. The van der Waals surface area contributed by atoms with Gasteiger partial charge in [0.2, 0.25) is 5.91 Å². The first-order valence-electron chi connectivity index (χ1n) is 9.68. The minimum Gasteiger partial charge on any atom is -0.383 e. The molecule has 1 amide bonds. The fourth-order valence-corrected chi connectivity index (χ4v) is 4.40. The second-order valence-electron chi connectivity index (χ2n) is 7.18. The van der Waals surface area contributed by atoms with Crippen LogP contribution in [0.15, 0.2) is 29.4 Å². The van der Waals surface area contributed by atoms with Crippen LogP contribution >= 0.6 is 23.4 Å². The molecule has 0 radical (unpaired) electrons. The van der Waals surface area contributed by atoms with Crippen molar-refractivity contribution in [1.29, 1.82) is 0 Å². The number of hydrogen-bond acceptors (Lipinski definition) is 5. The van der Waals surface area contributed by atoms with Gasteiger partial charge in [-0.3, -0.25) is 9.36 Å². The van der Waals surface area contributed by atoms with Gasteiger partial charge in [-0.25, -0.2) is 0 Å². The van der Waals surface area contributed by atoms with Gasteiger partial charge in [0.1, 0.15) is 0 Å². The van der Waals surface area contributed by atoms with Gasteiger partial charge in [0, 0.05) is 23.7 Å². The first-order chi connectivity index (χ1) is 13.6. The smallest absolute Gasteiger partial charge is 0.230 e. The van der Waals surface area contributed by atoms with E-state index in [0.717, 1.165) is 17.8 Å². The maximum atomic E-state index is 12.4. The van der Waals surface area contributed by atoms with Crippen molar-refractivity contribution in [1.82, 2.24) is 20.1 Å². The number of nitrogens with zero attached hydrogens (tertiary/aromatic N) is 3. The Morgan fingerprint density at radius 3 is 2.75 bits per heavy atom. The molecule has 1 N–H and O–H groups in total. The van der Waals surface area contributed by atoms with Crippen molar-refractivity contribution in [3.63, 3.8) is 0 Å². The zero-order valence-electron chi connectivity index (χ0n) is 16.4. The molecule has 0 saturated heterocycles. The Labute approximate surface area is 175 Å². The second kappa shape index (κ2) is 10.3. The Hall–Kier alpha value is -1.57. The third-order valence-corrected chi connectivity index (χ3v) is 6.35. The number of aromatic nitrogens is 3. The number of methoxy groups -OCH3 is 1. The third kappa shape index (κ3) is 5.49. The molecule has 0 spiro atoms. The zero-order chi connectivity index (χ0) is 19.9. The summed E-state index contributed by atoms with van der Waals surface area (Å²) in [6.07, 6.45) is 4.72. The lowest BCUT2D eigenvalue weighted by atomic mass is 9.86. The SMILES string of the molecule is COCCn1c(SCC(=O)NC2CCCCC2C)nnc1-c1ccc(Cl)cc1. The highest BCUT2D eigenvalue weighted by Gasteiger charge is 2.23. The molecular formula is C20H27ClN4O2S. The minimum atomic E-state index is 0.0538. The highest BCUT2D eigenvalue weighted by molar-refractivity contribution is 7.99. The lowest BCUT2D eigenvalue weighted by Gasteiger charge is -2.29. The molecule has 0 aliphatic heterocycles. The van der Waals surface area contributed by atoms with Crippen molar-refractivity contribution >= 4 is 29.3 Å². The molecule has 3 rings (SSSR count). The van der Waals surface area contributed by atoms with Crippen LogP contribution < -0.4 is 5.32 Å². The molecule has 2 aromatic rings. The Morgan fingerprint density at radius 2 is 2.04 bits per heavy atom. The maximum Gasteiger partial charge on any atom is 0.230 e. The standard InChI is InChI=1S/C20H27ClN4O2S/c1-14-5-3-4-6-17(14)22-18(26)13-28-20-24-23-19(25(20)11-12-27-2)15-7-9-16(21)10-8-15/h7-10,14,17H,3-6,11-13H2,1-2H3,(H,22,26). The summed E-state index contributed by atoms with van der Waals surface area (Å²) in [6, 6.07) is 7.79. The monoisotopic (exact) mass is 422 g/mol. The maximum absolute atomic E-state index is 12.4. The van der Waals surface area contributed by atoms with E-state index in [1.807, 2.05) is 28.8 Å². The lowest BCUT2D eigenvalue weighted by molar-refractivity contribution is -0.119. The summed E-state index contributed by atoms with van der Waals surface area (Å²) in [5, 5.41) is 13.2. The number of ether oxygens (including phenoxy) is 1. The highest BCUT2D eigenvalue weighted by Crippen LogP contribution is 2.26. The first kappa shape index (κ1) is 21.1. The van der Waals surface area contributed by atoms with E-state index in [-0.39, 0.29) is 11.9 Å². The molecule has 1 aliphatic carbocycles. The molecule has 0 bridgehead atoms. The van der Waals surface area contributed by atoms with Crippen LogP contribution in [0.5, 0.6) is 0 Å². The number of benzene rings is 1. The molecule has 1 heterocycles. The van der Waals surface area contributed by atoms with Crippen molar-refractivity contribution in [3.8, 4) is 11.4 Å². The van der Waals surface area contributed by atoms with Crippen LogP contribution in [0.1, 0.15) is 32.6 Å². The summed E-state index contributed by atoms with van der Waals surface area (Å²) in [6.45, 7) is 3.38. The molecule has 6 nitrogen and oxygen atoms in total. The summed E-state index contributed by atoms with van der Waals surface area (Å²) < 4.78 is 7.23. The van der Waals surface area contributed by atoms with E-state index < -0.39 is 0 Å². The second-order valence-corrected chi connectivity index (χ2v) is 8.56. The summed E-state index contributed by atoms with van der Waals surface area (Å²) in [5.41, 5.74) is 0.931. The predicted octanol–water partition coefficient (Wildman–Crippen LogP) is 4.03. The highest BCUT2D eigenvalue weighted by atomic mass is 35.5. The van der Waals surface area contributed by atoms with Crippen LogP contribution in [0.4, 0.5) is 0 Å². The third-order valence-electron chi connectivity index (χ3n) is 5.13. The molecule has 8 heteroatoms. The predicted molar refractivity (Wildman–Crippen MR) is 113 cm³/mol. The van der Waals surface area contributed by atoms with Gasteiger partial charge < -0.3 is 10.1 Å². The fraction of sp³-hybridized carbons (Fsp3) is 0.550. The van der Waals surface area contributed by atoms with Crippen molar-refractivity contribution in [3.05, 3.63) is 29.3 Å². The van der Waals surface area contributed by atoms with Crippen LogP contribution in [-0.2, 0) is 16.1 Å². The van der Waals surface area contributed by atoms with E-state index in [1.54, 1.807) is 7.11 Å². The molecule has 28 heavy (non-hydrogen) atoms. The Balaban J connectivity index is 1.67. The Kier molecular flexibility index (Phi) is 7.76. The van der Waals surface area contributed by atoms with E-state index in [1.165, 1.54) is 31.0 Å². The Morgan fingerprint density at radius 1 is 1.29 bits per heavy atom. The number of carbonyl (C=O) groups excluding carboxylic acids is 1. The van der Waals surface area contributed by atoms with Crippen LogP contribution in [0.25, 0.3) is 11.4 Å². The molecule has 2 unspecified atom stereocenters. The molecule has 2 atom stereocenters. The van der Waals surface area contributed by atoms with Crippen LogP contribution in [0.2, 0.25) is 5.02 Å². The number of nitrogens with one attached hydrogen (secondary N) is 1. The van der Waals surface area contributed by atoms with Crippen LogP contribution in [-0.4, -0.2) is 46.2 Å². The first-order valence-corrected chi connectivity index (χ1v) is 11.0. The van der Waals surface area contributed by atoms with E-state index in [0.29, 0.717) is 35.0 Å². The summed E-state index contributed by atoms with van der Waals surface area (Å²) in [7, 11) is 1.66. The van der Waals surface area contributed by atoms with Gasteiger partial charge in [0.15, 0.2) is 11.0 Å². The molecule has 1 aliphatic rings. The Bertz CT molecular complexity index is 781. The van der Waals surface area contributed by atoms with Crippen LogP contribution in [0.3, 0.4) is 0 Å². The van der Waals surface area contributed by atoms with E-state index in [4.69, 9.17) is 16.3 Å². The average molecular weight is 423 g/mol. The quantitative estimate of drug-likeness (QED) is 0.650. The van der Waals surface area contributed by atoms with E-state index in [2.05, 4.69) is 22.4 Å². The van der Waals surface area contributed by atoms with Crippen molar-refractivity contribution < 1.29 is 9.53 Å². The van der Waals surface area contributed by atoms with Crippen LogP contribution in [0, 0.1) is 5.92 Å². The molecule has 1 fully saturated rings. The molecular weight excluding hydrogens is 396 g/mol. The van der Waals surface area contributed by atoms with Gasteiger partial charge in [0.25, 0.3) is 0 Å². The summed E-state index contributed by atoms with van der Waals surface area (Å²) in [4.78, 5) is 12.4. The number of thioether (sulfide) groups is 1. The van der Waals surface area contributed by atoms with E-state index >= 15 is 0 Å². The zero-order valence-corrected chi connectivity index (χ0v) is 17.9. The van der Waals surface area contributed by atoms with E-state index in [9.17, 15) is 4.79 Å². The number of rotatable bonds is 8. The molecule has 1 aromatic heterocycles. The van der Waals surface area contributed by atoms with Gasteiger partial charge in [-0.15, -0.1) is 10.2 Å². The van der Waals surface area contributed by atoms with Gasteiger partial charge in [-0.05, 0) is 43.0 Å². The van der Waals surface area contributed by atoms with Gasteiger partial charge in [0.05, 0.1) is 18.9 Å². The van der Waals surface area contributed by atoms with Gasteiger partial charge in [-0.1, -0.05) is 43.1 Å². The number of amides is 1. The summed E-state index contributed by atoms with van der Waals surface area (Å²) in [5.74, 6) is 1.68. The van der Waals surface area contributed by atoms with Crippen molar-refractivity contribution in [2.24, 2.45) is 5.92 Å². The number of halogens is 1. The average Bonchev–Trinajstić information content (AvgIpc) is 3.10. The number of hydrogen-bond donors (Lipinski definition) is 1. The minimum absolute atomic E-state index is 0.0538. The fourth-order valence-electron chi connectivity index (χ4n) is 3.50. The molecule has 152 valence electrons. The largest absolute Gasteiger partial charge is 0.383 e. The number of carbonyl (C=O) groups is 1. The normalized spacial score (nSPS) is 19.5.